The molecule has 9 heteroatoms. The minimum absolute atomic E-state index is 0.0120. The zero-order valence-electron chi connectivity index (χ0n) is 16.5. The van der Waals surface area contributed by atoms with E-state index in [-0.39, 0.29) is 11.8 Å². The summed E-state index contributed by atoms with van der Waals surface area (Å²) in [5, 5.41) is 3.01. The highest BCUT2D eigenvalue weighted by molar-refractivity contribution is 5.80. The number of aromatic nitrogens is 4. The van der Waals surface area contributed by atoms with E-state index in [4.69, 9.17) is 0 Å². The van der Waals surface area contributed by atoms with Crippen molar-refractivity contribution in [2.24, 2.45) is 20.0 Å². The molecule has 1 amide bonds. The molecule has 4 rings (SSSR count). The molecule has 0 bridgehead atoms. The van der Waals surface area contributed by atoms with Gasteiger partial charge in [-0.05, 0) is 18.4 Å². The standard InChI is InChI=1S/C20H24N6O3/c1-24-16-15(18(28)25(2)20(24)29)22-19(23-16)26-10-6-9-14(12-26)17(27)21-11-13-7-4-3-5-8-13/h3-5,7-8,14H,6,9-12H2,1-2H3,(H,21,27)(H,22,23). The van der Waals surface area contributed by atoms with Crippen LogP contribution in [0.25, 0.3) is 11.2 Å². The van der Waals surface area contributed by atoms with Crippen molar-refractivity contribution in [3.8, 4) is 0 Å². The molecule has 1 aliphatic heterocycles. The normalized spacial score (nSPS) is 16.9. The summed E-state index contributed by atoms with van der Waals surface area (Å²) >= 11 is 0. The van der Waals surface area contributed by atoms with Crippen LogP contribution in [-0.2, 0) is 25.4 Å². The number of nitrogens with zero attached hydrogens (tertiary/aromatic N) is 4. The van der Waals surface area contributed by atoms with Crippen LogP contribution in [0, 0.1) is 5.92 Å². The Bertz CT molecular complexity index is 1160. The number of H-pyrrole nitrogens is 1. The van der Waals surface area contributed by atoms with Crippen molar-refractivity contribution < 1.29 is 4.79 Å². The summed E-state index contributed by atoms with van der Waals surface area (Å²) in [4.78, 5) is 46.7. The Hall–Kier alpha value is -3.36. The fourth-order valence-electron chi connectivity index (χ4n) is 3.78. The summed E-state index contributed by atoms with van der Waals surface area (Å²) in [6.07, 6.45) is 1.65. The average molecular weight is 396 g/mol. The number of benzene rings is 1. The van der Waals surface area contributed by atoms with Crippen LogP contribution in [0.4, 0.5) is 5.95 Å². The summed E-state index contributed by atoms with van der Waals surface area (Å²) < 4.78 is 2.41. The van der Waals surface area contributed by atoms with Crippen molar-refractivity contribution in [3.05, 3.63) is 56.7 Å². The highest BCUT2D eigenvalue weighted by Gasteiger charge is 2.28. The number of hydrogen-bond donors (Lipinski definition) is 2. The van der Waals surface area contributed by atoms with Gasteiger partial charge < -0.3 is 15.2 Å². The quantitative estimate of drug-likeness (QED) is 0.668. The van der Waals surface area contributed by atoms with Crippen molar-refractivity contribution in [1.82, 2.24) is 24.4 Å². The minimum Gasteiger partial charge on any atom is -0.352 e. The Kier molecular flexibility index (Phi) is 4.96. The van der Waals surface area contributed by atoms with Crippen LogP contribution in [0.15, 0.2) is 39.9 Å². The first-order valence-corrected chi connectivity index (χ1v) is 9.68. The first-order valence-electron chi connectivity index (χ1n) is 9.68. The number of amides is 1. The van der Waals surface area contributed by atoms with E-state index in [1.54, 1.807) is 7.05 Å². The fourth-order valence-corrected chi connectivity index (χ4v) is 3.78. The van der Waals surface area contributed by atoms with Crippen molar-refractivity contribution in [3.63, 3.8) is 0 Å². The van der Waals surface area contributed by atoms with Gasteiger partial charge >= 0.3 is 5.69 Å². The Balaban J connectivity index is 1.52. The lowest BCUT2D eigenvalue weighted by Crippen LogP contribution is -2.43. The summed E-state index contributed by atoms with van der Waals surface area (Å²) in [5.41, 5.74) is 0.847. The molecule has 1 aliphatic rings. The van der Waals surface area contributed by atoms with Crippen LogP contribution < -0.4 is 21.5 Å². The molecule has 0 spiro atoms. The third kappa shape index (κ3) is 3.55. The SMILES string of the molecule is Cn1c(=O)c2[nH]c(N3CCCC(C(=O)NCc4ccccc4)C3)nc2n(C)c1=O. The molecular formula is C20H24N6O3. The highest BCUT2D eigenvalue weighted by atomic mass is 16.2. The van der Waals surface area contributed by atoms with E-state index in [0.29, 0.717) is 30.2 Å². The molecule has 1 fully saturated rings. The van der Waals surface area contributed by atoms with Crippen molar-refractivity contribution in [1.29, 1.82) is 0 Å². The monoisotopic (exact) mass is 396 g/mol. The second kappa shape index (κ2) is 7.57. The van der Waals surface area contributed by atoms with Crippen molar-refractivity contribution in [2.45, 2.75) is 19.4 Å². The summed E-state index contributed by atoms with van der Waals surface area (Å²) in [5.74, 6) is 0.365. The summed E-state index contributed by atoms with van der Waals surface area (Å²) in [6.45, 7) is 1.74. The van der Waals surface area contributed by atoms with Gasteiger partial charge in [0.15, 0.2) is 11.2 Å². The van der Waals surface area contributed by atoms with E-state index in [1.807, 2.05) is 35.2 Å². The van der Waals surface area contributed by atoms with Crippen LogP contribution in [-0.4, -0.2) is 38.1 Å². The first kappa shape index (κ1) is 19.0. The lowest BCUT2D eigenvalue weighted by molar-refractivity contribution is -0.125. The Morgan fingerprint density at radius 1 is 1.21 bits per heavy atom. The number of aromatic amines is 1. The van der Waals surface area contributed by atoms with Gasteiger partial charge in [0.1, 0.15) is 0 Å². The Morgan fingerprint density at radius 3 is 2.72 bits per heavy atom. The van der Waals surface area contributed by atoms with Gasteiger partial charge in [-0.2, -0.15) is 4.98 Å². The molecule has 1 saturated heterocycles. The summed E-state index contributed by atoms with van der Waals surface area (Å²) in [6, 6.07) is 9.80. The molecule has 0 radical (unpaired) electrons. The van der Waals surface area contributed by atoms with Crippen molar-refractivity contribution in [2.75, 3.05) is 18.0 Å². The lowest BCUT2D eigenvalue weighted by atomic mass is 9.97. The first-order chi connectivity index (χ1) is 14.0. The molecular weight excluding hydrogens is 372 g/mol. The number of aryl methyl sites for hydroxylation is 1. The molecule has 29 heavy (non-hydrogen) atoms. The number of piperidine rings is 1. The van der Waals surface area contributed by atoms with Crippen LogP contribution in [0.5, 0.6) is 0 Å². The van der Waals surface area contributed by atoms with E-state index in [1.165, 1.54) is 11.6 Å². The number of hydrogen-bond acceptors (Lipinski definition) is 5. The molecule has 1 aromatic carbocycles. The topological polar surface area (TPSA) is 105 Å². The predicted molar refractivity (Wildman–Crippen MR) is 110 cm³/mol. The predicted octanol–water partition coefficient (Wildman–Crippen LogP) is 0.493. The third-order valence-electron chi connectivity index (χ3n) is 5.48. The minimum atomic E-state index is -0.419. The third-order valence-corrected chi connectivity index (χ3v) is 5.48. The number of imidazole rings is 1. The van der Waals surface area contributed by atoms with Gasteiger partial charge in [0.2, 0.25) is 11.9 Å². The molecule has 1 unspecified atom stereocenters. The smallest absolute Gasteiger partial charge is 0.332 e. The van der Waals surface area contributed by atoms with Gasteiger partial charge in [0.05, 0.1) is 5.92 Å². The molecule has 3 heterocycles. The Labute approximate surface area is 167 Å². The zero-order valence-corrected chi connectivity index (χ0v) is 16.5. The van der Waals surface area contributed by atoms with E-state index in [2.05, 4.69) is 15.3 Å². The maximum absolute atomic E-state index is 12.7. The van der Waals surface area contributed by atoms with E-state index < -0.39 is 11.2 Å². The number of carbonyl (C=O) groups is 1. The largest absolute Gasteiger partial charge is 0.352 e. The number of carbonyl (C=O) groups excluding carboxylic acids is 1. The molecule has 0 aliphatic carbocycles. The van der Waals surface area contributed by atoms with Crippen molar-refractivity contribution >= 4 is 23.0 Å². The number of nitrogens with one attached hydrogen (secondary N) is 2. The van der Waals surface area contributed by atoms with Crippen LogP contribution >= 0.6 is 0 Å². The molecule has 9 nitrogen and oxygen atoms in total. The van der Waals surface area contributed by atoms with E-state index in [9.17, 15) is 14.4 Å². The van der Waals surface area contributed by atoms with Crippen LogP contribution in [0.3, 0.4) is 0 Å². The lowest BCUT2D eigenvalue weighted by Gasteiger charge is -2.31. The van der Waals surface area contributed by atoms with Gasteiger partial charge in [0.25, 0.3) is 5.56 Å². The highest BCUT2D eigenvalue weighted by Crippen LogP contribution is 2.22. The second-order valence-corrected chi connectivity index (χ2v) is 7.45. The van der Waals surface area contributed by atoms with Gasteiger partial charge in [0, 0.05) is 33.7 Å². The molecule has 152 valence electrons. The maximum atomic E-state index is 12.7. The van der Waals surface area contributed by atoms with Gasteiger partial charge in [-0.15, -0.1) is 0 Å². The second-order valence-electron chi connectivity index (χ2n) is 7.45. The van der Waals surface area contributed by atoms with E-state index >= 15 is 0 Å². The molecule has 2 N–H and O–H groups in total. The molecule has 3 aromatic rings. The number of anilines is 1. The maximum Gasteiger partial charge on any atom is 0.332 e. The molecule has 2 aromatic heterocycles. The Morgan fingerprint density at radius 2 is 1.97 bits per heavy atom. The van der Waals surface area contributed by atoms with E-state index in [0.717, 1.165) is 29.5 Å². The average Bonchev–Trinajstić information content (AvgIpc) is 3.21. The van der Waals surface area contributed by atoms with Crippen LogP contribution in [0.2, 0.25) is 0 Å². The number of rotatable bonds is 4. The number of fused-ring (bicyclic) bond motifs is 1. The zero-order chi connectivity index (χ0) is 20.5. The van der Waals surface area contributed by atoms with Gasteiger partial charge in [-0.1, -0.05) is 30.3 Å². The van der Waals surface area contributed by atoms with Gasteiger partial charge in [-0.25, -0.2) is 4.79 Å². The van der Waals surface area contributed by atoms with Crippen LogP contribution in [0.1, 0.15) is 18.4 Å². The summed E-state index contributed by atoms with van der Waals surface area (Å²) in [7, 11) is 3.03. The van der Waals surface area contributed by atoms with Gasteiger partial charge in [-0.3, -0.25) is 18.7 Å². The molecule has 1 atom stereocenters. The fraction of sp³-hybridized carbons (Fsp3) is 0.400. The molecule has 0 saturated carbocycles.